The molecule has 2 N–H and O–H groups in total. The fourth-order valence-corrected chi connectivity index (χ4v) is 4.65. The van der Waals surface area contributed by atoms with E-state index in [2.05, 4.69) is 0 Å². The molecular weight excluding hydrogens is 439 g/mol. The Hall–Kier alpha value is -3.36. The lowest BCUT2D eigenvalue weighted by Crippen LogP contribution is -2.57. The van der Waals surface area contributed by atoms with Gasteiger partial charge in [-0.2, -0.15) is 13.2 Å². The van der Waals surface area contributed by atoms with Crippen molar-refractivity contribution in [2.75, 3.05) is 0 Å². The largest absolute Gasteiger partial charge is 0.481 e. The van der Waals surface area contributed by atoms with E-state index in [-0.39, 0.29) is 12.0 Å². The maximum absolute atomic E-state index is 13.7. The first kappa shape index (κ1) is 24.3. The number of benzene rings is 2. The average Bonchev–Trinajstić information content (AvgIpc) is 3.16. The molecule has 1 aliphatic heterocycles. The highest BCUT2D eigenvalue weighted by Crippen LogP contribution is 2.51. The molecule has 33 heavy (non-hydrogen) atoms. The van der Waals surface area contributed by atoms with Crippen molar-refractivity contribution in [3.05, 3.63) is 71.3 Å². The van der Waals surface area contributed by atoms with Crippen molar-refractivity contribution < 1.29 is 37.8 Å². The first-order valence-electron chi connectivity index (χ1n) is 10.5. The van der Waals surface area contributed by atoms with Crippen LogP contribution in [-0.2, 0) is 15.8 Å². The van der Waals surface area contributed by atoms with Gasteiger partial charge >= 0.3 is 18.1 Å². The van der Waals surface area contributed by atoms with Crippen LogP contribution in [0.25, 0.3) is 0 Å². The van der Waals surface area contributed by atoms with Crippen LogP contribution in [0.3, 0.4) is 0 Å². The summed E-state index contributed by atoms with van der Waals surface area (Å²) in [4.78, 5) is 39.6. The molecule has 6 nitrogen and oxygen atoms in total. The summed E-state index contributed by atoms with van der Waals surface area (Å²) >= 11 is 0. The molecule has 1 heterocycles. The van der Waals surface area contributed by atoms with Crippen molar-refractivity contribution in [2.45, 2.75) is 44.4 Å². The van der Waals surface area contributed by atoms with Gasteiger partial charge in [0.2, 0.25) is 0 Å². The van der Waals surface area contributed by atoms with Crippen LogP contribution >= 0.6 is 0 Å². The van der Waals surface area contributed by atoms with Crippen molar-refractivity contribution in [2.24, 2.45) is 11.8 Å². The SMILES string of the molecule is CCC(C)[C@@]1(C(=O)O)C[C@H](C(=O)O)[C@H](c2ccccc2)N1C(=O)c1ccc(C(F)(F)F)cc1. The zero-order chi connectivity index (χ0) is 24.6. The molecule has 0 radical (unpaired) electrons. The number of carbonyl (C=O) groups excluding carboxylic acids is 1. The summed E-state index contributed by atoms with van der Waals surface area (Å²) in [5.74, 6) is -5.26. The van der Waals surface area contributed by atoms with Crippen LogP contribution in [0.15, 0.2) is 54.6 Å². The molecule has 1 fully saturated rings. The highest BCUT2D eigenvalue weighted by molar-refractivity contribution is 6.00. The van der Waals surface area contributed by atoms with Crippen molar-refractivity contribution in [1.29, 1.82) is 0 Å². The molecule has 0 spiro atoms. The first-order valence-corrected chi connectivity index (χ1v) is 10.5. The predicted molar refractivity (Wildman–Crippen MR) is 112 cm³/mol. The van der Waals surface area contributed by atoms with Gasteiger partial charge in [-0.25, -0.2) is 4.79 Å². The second-order valence-corrected chi connectivity index (χ2v) is 8.29. The Balaban J connectivity index is 2.22. The number of hydrogen-bond donors (Lipinski definition) is 2. The monoisotopic (exact) mass is 463 g/mol. The highest BCUT2D eigenvalue weighted by Gasteiger charge is 2.62. The molecule has 1 unspecified atom stereocenters. The minimum absolute atomic E-state index is 0.149. The molecule has 0 aliphatic carbocycles. The topological polar surface area (TPSA) is 94.9 Å². The van der Waals surface area contributed by atoms with Crippen molar-refractivity contribution in [3.8, 4) is 0 Å². The van der Waals surface area contributed by atoms with Crippen LogP contribution in [0.5, 0.6) is 0 Å². The number of hydrogen-bond acceptors (Lipinski definition) is 3. The molecule has 1 amide bonds. The van der Waals surface area contributed by atoms with E-state index in [9.17, 15) is 37.8 Å². The zero-order valence-corrected chi connectivity index (χ0v) is 18.0. The Labute approximate surface area is 188 Å². The van der Waals surface area contributed by atoms with E-state index >= 15 is 0 Å². The van der Waals surface area contributed by atoms with Gasteiger partial charge in [-0.15, -0.1) is 0 Å². The van der Waals surface area contributed by atoms with Gasteiger partial charge in [-0.1, -0.05) is 50.6 Å². The third-order valence-electron chi connectivity index (χ3n) is 6.55. The van der Waals surface area contributed by atoms with Gasteiger partial charge in [-0.3, -0.25) is 9.59 Å². The molecule has 1 aliphatic rings. The van der Waals surface area contributed by atoms with Gasteiger partial charge in [0, 0.05) is 5.56 Å². The quantitative estimate of drug-likeness (QED) is 0.638. The number of rotatable bonds is 6. The number of carboxylic acids is 2. The Morgan fingerprint density at radius 2 is 1.64 bits per heavy atom. The lowest BCUT2D eigenvalue weighted by molar-refractivity contribution is -0.152. The summed E-state index contributed by atoms with van der Waals surface area (Å²) in [6, 6.07) is 10.6. The van der Waals surface area contributed by atoms with Crippen LogP contribution in [0.4, 0.5) is 13.2 Å². The van der Waals surface area contributed by atoms with Crippen molar-refractivity contribution >= 4 is 17.8 Å². The minimum atomic E-state index is -4.60. The van der Waals surface area contributed by atoms with Gasteiger partial charge < -0.3 is 15.1 Å². The highest BCUT2D eigenvalue weighted by atomic mass is 19.4. The second kappa shape index (κ2) is 8.88. The van der Waals surface area contributed by atoms with Crippen molar-refractivity contribution in [3.63, 3.8) is 0 Å². The van der Waals surface area contributed by atoms with E-state index in [1.807, 2.05) is 0 Å². The zero-order valence-electron chi connectivity index (χ0n) is 18.0. The Kier molecular flexibility index (Phi) is 6.53. The summed E-state index contributed by atoms with van der Waals surface area (Å²) in [5, 5.41) is 20.3. The molecule has 1 saturated heterocycles. The number of carboxylic acid groups (broad SMARTS) is 2. The molecule has 3 rings (SSSR count). The third kappa shape index (κ3) is 4.19. The van der Waals surface area contributed by atoms with E-state index in [1.54, 1.807) is 44.2 Å². The van der Waals surface area contributed by atoms with Crippen LogP contribution in [-0.4, -0.2) is 38.5 Å². The smallest absolute Gasteiger partial charge is 0.416 e. The van der Waals surface area contributed by atoms with Crippen LogP contribution < -0.4 is 0 Å². The molecule has 4 atom stereocenters. The van der Waals surface area contributed by atoms with Crippen molar-refractivity contribution in [1.82, 2.24) is 4.90 Å². The molecule has 0 saturated carbocycles. The number of amides is 1. The molecule has 0 aromatic heterocycles. The fourth-order valence-electron chi connectivity index (χ4n) is 4.65. The number of halogens is 3. The Morgan fingerprint density at radius 3 is 2.09 bits per heavy atom. The van der Waals surface area contributed by atoms with Crippen LogP contribution in [0.1, 0.15) is 54.2 Å². The van der Waals surface area contributed by atoms with Gasteiger partial charge in [-0.05, 0) is 42.2 Å². The molecule has 2 aromatic rings. The fraction of sp³-hybridized carbons (Fsp3) is 0.375. The average molecular weight is 463 g/mol. The number of carbonyl (C=O) groups is 3. The minimum Gasteiger partial charge on any atom is -0.481 e. The molecule has 2 aromatic carbocycles. The Morgan fingerprint density at radius 1 is 1.06 bits per heavy atom. The molecule has 176 valence electrons. The van der Waals surface area contributed by atoms with E-state index in [1.165, 1.54) is 0 Å². The summed E-state index contributed by atoms with van der Waals surface area (Å²) < 4.78 is 39.0. The number of likely N-dealkylation sites (tertiary alicyclic amines) is 1. The lowest BCUT2D eigenvalue weighted by atomic mass is 9.79. The van der Waals surface area contributed by atoms with Gasteiger partial charge in [0.25, 0.3) is 5.91 Å². The van der Waals surface area contributed by atoms with E-state index in [0.29, 0.717) is 12.0 Å². The van der Waals surface area contributed by atoms with Gasteiger partial charge in [0.1, 0.15) is 5.54 Å². The Bertz CT molecular complexity index is 1040. The molecule has 0 bridgehead atoms. The molecular formula is C24H24F3NO5. The number of alkyl halides is 3. The predicted octanol–water partition coefficient (Wildman–Crippen LogP) is 4.86. The molecule has 9 heteroatoms. The second-order valence-electron chi connectivity index (χ2n) is 8.29. The lowest BCUT2D eigenvalue weighted by Gasteiger charge is -2.42. The van der Waals surface area contributed by atoms with Gasteiger partial charge in [0.05, 0.1) is 17.5 Å². The number of nitrogens with zero attached hydrogens (tertiary/aromatic N) is 1. The maximum atomic E-state index is 13.7. The number of aliphatic carboxylic acids is 2. The summed E-state index contributed by atoms with van der Waals surface area (Å²) in [7, 11) is 0. The van der Waals surface area contributed by atoms with E-state index in [4.69, 9.17) is 0 Å². The first-order chi connectivity index (χ1) is 15.4. The van der Waals surface area contributed by atoms with E-state index in [0.717, 1.165) is 29.2 Å². The normalized spacial score (nSPS) is 23.8. The summed E-state index contributed by atoms with van der Waals surface area (Å²) in [6.07, 6.45) is -4.58. The third-order valence-corrected chi connectivity index (χ3v) is 6.55. The summed E-state index contributed by atoms with van der Waals surface area (Å²) in [5.41, 5.74) is -2.51. The summed E-state index contributed by atoms with van der Waals surface area (Å²) in [6.45, 7) is 3.37. The van der Waals surface area contributed by atoms with Crippen LogP contribution in [0.2, 0.25) is 0 Å². The van der Waals surface area contributed by atoms with Gasteiger partial charge in [0.15, 0.2) is 0 Å². The standard InChI is InChI=1S/C24H24F3NO5/c1-3-14(2)23(22(32)33)13-18(21(30)31)19(15-7-5-4-6-8-15)28(23)20(29)16-9-11-17(12-10-16)24(25,26)27/h4-12,14,18-19H,3,13H2,1-2H3,(H,30,31)(H,32,33)/t14?,18-,19-,23+/m0/s1. The van der Waals surface area contributed by atoms with E-state index < -0.39 is 53.0 Å². The van der Waals surface area contributed by atoms with Crippen LogP contribution in [0, 0.1) is 11.8 Å². The maximum Gasteiger partial charge on any atom is 0.416 e.